The summed E-state index contributed by atoms with van der Waals surface area (Å²) in [5.74, 6) is 1.67. The maximum absolute atomic E-state index is 9.01. The summed E-state index contributed by atoms with van der Waals surface area (Å²) in [5.41, 5.74) is 2.07. The third kappa shape index (κ3) is 3.28. The first-order chi connectivity index (χ1) is 8.20. The fourth-order valence-electron chi connectivity index (χ4n) is 1.65. The molecule has 1 aromatic rings. The van der Waals surface area contributed by atoms with Gasteiger partial charge in [-0.2, -0.15) is 11.8 Å². The van der Waals surface area contributed by atoms with Gasteiger partial charge in [0.25, 0.3) is 0 Å². The lowest BCUT2D eigenvalue weighted by Gasteiger charge is -2.21. The van der Waals surface area contributed by atoms with Crippen molar-refractivity contribution in [1.29, 1.82) is 0 Å². The van der Waals surface area contributed by atoms with Crippen LogP contribution < -0.4 is 4.74 Å². The van der Waals surface area contributed by atoms with E-state index in [1.54, 1.807) is 11.8 Å². The zero-order chi connectivity index (χ0) is 12.3. The molecule has 0 saturated carbocycles. The minimum absolute atomic E-state index is 0.178. The molecule has 0 saturated heterocycles. The first kappa shape index (κ1) is 13.0. The molecule has 0 amide bonds. The maximum atomic E-state index is 9.01. The van der Waals surface area contributed by atoms with Gasteiger partial charge in [0.15, 0.2) is 6.79 Å². The van der Waals surface area contributed by atoms with Gasteiger partial charge in [0.2, 0.25) is 0 Å². The Bertz CT molecular complexity index is 398. The van der Waals surface area contributed by atoms with Crippen molar-refractivity contribution in [3.8, 4) is 5.75 Å². The molecule has 1 N–H and O–H groups in total. The Labute approximate surface area is 110 Å². The average molecular weight is 275 g/mol. The highest BCUT2D eigenvalue weighted by atomic mass is 35.5. The predicted molar refractivity (Wildman–Crippen MR) is 69.6 cm³/mol. The molecule has 0 bridgehead atoms. The fourth-order valence-corrected chi connectivity index (χ4v) is 2.70. The number of halogens is 1. The van der Waals surface area contributed by atoms with Gasteiger partial charge >= 0.3 is 0 Å². The maximum Gasteiger partial charge on any atom is 0.189 e. The quantitative estimate of drug-likeness (QED) is 0.916. The molecular formula is C12H15ClO3S. The topological polar surface area (TPSA) is 38.7 Å². The number of aliphatic hydroxyl groups is 1. The van der Waals surface area contributed by atoms with E-state index in [0.29, 0.717) is 18.4 Å². The zero-order valence-corrected chi connectivity index (χ0v) is 11.2. The zero-order valence-electron chi connectivity index (χ0n) is 9.61. The standard InChI is InChI=1S/C12H15ClO3S/c1-8(4-14)17-6-10-3-11(13)2-9-5-15-7-16-12(9)10/h2-3,8,14H,4-7H2,1H3. The van der Waals surface area contributed by atoms with Crippen LogP contribution in [0, 0.1) is 0 Å². The summed E-state index contributed by atoms with van der Waals surface area (Å²) < 4.78 is 10.7. The lowest BCUT2D eigenvalue weighted by molar-refractivity contribution is -0.0168. The molecule has 0 aliphatic carbocycles. The lowest BCUT2D eigenvalue weighted by atomic mass is 10.1. The van der Waals surface area contributed by atoms with Crippen molar-refractivity contribution in [1.82, 2.24) is 0 Å². The van der Waals surface area contributed by atoms with E-state index in [-0.39, 0.29) is 11.9 Å². The van der Waals surface area contributed by atoms with E-state index in [9.17, 15) is 0 Å². The van der Waals surface area contributed by atoms with Crippen LogP contribution in [0.1, 0.15) is 18.1 Å². The Morgan fingerprint density at radius 3 is 3.12 bits per heavy atom. The number of hydrogen-bond donors (Lipinski definition) is 1. The van der Waals surface area contributed by atoms with Crippen molar-refractivity contribution in [2.24, 2.45) is 0 Å². The molecule has 1 heterocycles. The van der Waals surface area contributed by atoms with E-state index < -0.39 is 0 Å². The second-order valence-electron chi connectivity index (χ2n) is 3.97. The van der Waals surface area contributed by atoms with Gasteiger partial charge in [-0.05, 0) is 12.1 Å². The van der Waals surface area contributed by atoms with Crippen LogP contribution in [0.2, 0.25) is 5.02 Å². The van der Waals surface area contributed by atoms with Crippen LogP contribution in [0.4, 0.5) is 0 Å². The van der Waals surface area contributed by atoms with Crippen LogP contribution in [0.3, 0.4) is 0 Å². The molecule has 5 heteroatoms. The van der Waals surface area contributed by atoms with E-state index >= 15 is 0 Å². The van der Waals surface area contributed by atoms with Crippen molar-refractivity contribution in [2.75, 3.05) is 13.4 Å². The van der Waals surface area contributed by atoms with E-state index in [1.165, 1.54) is 0 Å². The number of fused-ring (bicyclic) bond motifs is 1. The van der Waals surface area contributed by atoms with Crippen molar-refractivity contribution in [3.05, 3.63) is 28.3 Å². The van der Waals surface area contributed by atoms with Gasteiger partial charge in [-0.3, -0.25) is 0 Å². The Morgan fingerprint density at radius 1 is 1.53 bits per heavy atom. The van der Waals surface area contributed by atoms with Gasteiger partial charge in [0, 0.05) is 27.2 Å². The molecule has 1 atom stereocenters. The monoisotopic (exact) mass is 274 g/mol. The summed E-state index contributed by atoms with van der Waals surface area (Å²) in [6, 6.07) is 3.79. The SMILES string of the molecule is CC(CO)SCc1cc(Cl)cc2c1OCOC2. The Morgan fingerprint density at radius 2 is 2.35 bits per heavy atom. The molecule has 17 heavy (non-hydrogen) atoms. The highest BCUT2D eigenvalue weighted by Gasteiger charge is 2.16. The molecule has 0 aromatic heterocycles. The van der Waals surface area contributed by atoms with Gasteiger partial charge in [-0.15, -0.1) is 0 Å². The molecule has 0 fully saturated rings. The summed E-state index contributed by atoms with van der Waals surface area (Å²) in [4.78, 5) is 0. The minimum atomic E-state index is 0.178. The smallest absolute Gasteiger partial charge is 0.189 e. The van der Waals surface area contributed by atoms with Gasteiger partial charge in [-0.25, -0.2) is 0 Å². The van der Waals surface area contributed by atoms with E-state index in [1.807, 2.05) is 19.1 Å². The number of benzene rings is 1. The predicted octanol–water partition coefficient (Wildman–Crippen LogP) is 2.82. The number of hydrogen-bond acceptors (Lipinski definition) is 4. The number of rotatable bonds is 4. The highest BCUT2D eigenvalue weighted by molar-refractivity contribution is 7.99. The van der Waals surface area contributed by atoms with Crippen LogP contribution in [-0.2, 0) is 17.1 Å². The Kier molecular flexibility index (Phi) is 4.56. The first-order valence-corrected chi connectivity index (χ1v) is 6.87. The third-order valence-electron chi connectivity index (χ3n) is 2.53. The molecule has 1 aromatic carbocycles. The van der Waals surface area contributed by atoms with Crippen LogP contribution in [0.25, 0.3) is 0 Å². The van der Waals surface area contributed by atoms with Gasteiger partial charge in [-0.1, -0.05) is 18.5 Å². The largest absolute Gasteiger partial charge is 0.467 e. The second kappa shape index (κ2) is 5.96. The van der Waals surface area contributed by atoms with Gasteiger partial charge in [0.05, 0.1) is 13.2 Å². The Balaban J connectivity index is 2.17. The Hall–Kier alpha value is -0.420. The van der Waals surface area contributed by atoms with Crippen LogP contribution in [0.15, 0.2) is 12.1 Å². The minimum Gasteiger partial charge on any atom is -0.467 e. The molecule has 1 aliphatic rings. The molecule has 1 aliphatic heterocycles. The van der Waals surface area contributed by atoms with E-state index in [4.69, 9.17) is 26.2 Å². The molecule has 3 nitrogen and oxygen atoms in total. The summed E-state index contributed by atoms with van der Waals surface area (Å²) in [7, 11) is 0. The van der Waals surface area contributed by atoms with Crippen LogP contribution >= 0.6 is 23.4 Å². The van der Waals surface area contributed by atoms with Gasteiger partial charge in [0.1, 0.15) is 5.75 Å². The molecule has 0 radical (unpaired) electrons. The summed E-state index contributed by atoms with van der Waals surface area (Å²) in [5, 5.41) is 9.92. The third-order valence-corrected chi connectivity index (χ3v) is 3.95. The number of ether oxygens (including phenoxy) is 2. The fraction of sp³-hybridized carbons (Fsp3) is 0.500. The summed E-state index contributed by atoms with van der Waals surface area (Å²) in [6.07, 6.45) is 0. The van der Waals surface area contributed by atoms with Crippen molar-refractivity contribution < 1.29 is 14.6 Å². The van der Waals surface area contributed by atoms with Crippen molar-refractivity contribution in [3.63, 3.8) is 0 Å². The molecule has 2 rings (SSSR count). The van der Waals surface area contributed by atoms with Gasteiger partial charge < -0.3 is 14.6 Å². The molecule has 94 valence electrons. The number of thioether (sulfide) groups is 1. The van der Waals surface area contributed by atoms with Crippen molar-refractivity contribution >= 4 is 23.4 Å². The normalized spacial score (nSPS) is 16.2. The number of aliphatic hydroxyl groups excluding tert-OH is 1. The highest BCUT2D eigenvalue weighted by Crippen LogP contribution is 2.34. The summed E-state index contributed by atoms with van der Waals surface area (Å²) in [6.45, 7) is 3.01. The van der Waals surface area contributed by atoms with E-state index in [2.05, 4.69) is 0 Å². The average Bonchev–Trinajstić information content (AvgIpc) is 2.35. The molecule has 1 unspecified atom stereocenters. The van der Waals surface area contributed by atoms with E-state index in [0.717, 1.165) is 22.6 Å². The molecular weight excluding hydrogens is 260 g/mol. The molecule has 0 spiro atoms. The summed E-state index contributed by atoms with van der Waals surface area (Å²) >= 11 is 7.74. The first-order valence-electron chi connectivity index (χ1n) is 5.45. The van der Waals surface area contributed by atoms with Crippen LogP contribution in [-0.4, -0.2) is 23.8 Å². The second-order valence-corrected chi connectivity index (χ2v) is 5.83. The van der Waals surface area contributed by atoms with Crippen molar-refractivity contribution in [2.45, 2.75) is 24.5 Å². The van der Waals surface area contributed by atoms with Crippen LogP contribution in [0.5, 0.6) is 5.75 Å². The lowest BCUT2D eigenvalue weighted by Crippen LogP contribution is -2.13.